The highest BCUT2D eigenvalue weighted by molar-refractivity contribution is 6.33. The highest BCUT2D eigenvalue weighted by Crippen LogP contribution is 2.32. The van der Waals surface area contributed by atoms with Crippen LogP contribution >= 0.6 is 11.6 Å². The second kappa shape index (κ2) is 7.09. The third kappa shape index (κ3) is 4.38. The van der Waals surface area contributed by atoms with Crippen molar-refractivity contribution in [3.05, 3.63) is 33.3 Å². The fourth-order valence-corrected chi connectivity index (χ4v) is 1.77. The number of nitro benzene ring substituents is 1. The third-order valence-electron chi connectivity index (χ3n) is 2.63. The van der Waals surface area contributed by atoms with Crippen LogP contribution in [0.2, 0.25) is 5.02 Å². The third-order valence-corrected chi connectivity index (χ3v) is 2.94. The zero-order chi connectivity index (χ0) is 15.3. The maximum absolute atomic E-state index is 11.9. The van der Waals surface area contributed by atoms with Crippen molar-refractivity contribution >= 4 is 28.9 Å². The quantitative estimate of drug-likeness (QED) is 0.625. The Balaban J connectivity index is 2.82. The van der Waals surface area contributed by atoms with E-state index in [0.717, 1.165) is 0 Å². The molecule has 1 unspecified atom stereocenters. The van der Waals surface area contributed by atoms with Crippen molar-refractivity contribution in [3.63, 3.8) is 0 Å². The summed E-state index contributed by atoms with van der Waals surface area (Å²) in [5, 5.41) is 16.7. The lowest BCUT2D eigenvalue weighted by atomic mass is 10.2. The molecule has 7 heteroatoms. The number of nitro groups is 1. The summed E-state index contributed by atoms with van der Waals surface area (Å²) >= 11 is 5.95. The van der Waals surface area contributed by atoms with Gasteiger partial charge in [-0.3, -0.25) is 14.9 Å². The summed E-state index contributed by atoms with van der Waals surface area (Å²) in [6.07, 6.45) is 0. The molecule has 0 saturated heterocycles. The van der Waals surface area contributed by atoms with Crippen molar-refractivity contribution in [3.8, 4) is 0 Å². The molecule has 6 nitrogen and oxygen atoms in total. The average molecular weight is 300 g/mol. The molecular weight excluding hydrogens is 282 g/mol. The first-order valence-electron chi connectivity index (χ1n) is 6.30. The maximum atomic E-state index is 11.9. The van der Waals surface area contributed by atoms with Crippen molar-refractivity contribution in [1.29, 1.82) is 0 Å². The van der Waals surface area contributed by atoms with Crippen LogP contribution in [-0.4, -0.2) is 23.4 Å². The van der Waals surface area contributed by atoms with Gasteiger partial charge in [-0.05, 0) is 18.9 Å². The van der Waals surface area contributed by atoms with E-state index < -0.39 is 11.0 Å². The fourth-order valence-electron chi connectivity index (χ4n) is 1.55. The van der Waals surface area contributed by atoms with Crippen LogP contribution in [0.15, 0.2) is 18.2 Å². The van der Waals surface area contributed by atoms with Gasteiger partial charge in [-0.25, -0.2) is 0 Å². The predicted octanol–water partition coefficient (Wildman–Crippen LogP) is 2.82. The summed E-state index contributed by atoms with van der Waals surface area (Å²) in [5.41, 5.74) is 0.00683. The number of halogens is 1. The molecule has 2 N–H and O–H groups in total. The van der Waals surface area contributed by atoms with E-state index in [1.165, 1.54) is 18.2 Å². The minimum atomic E-state index is -0.618. The first-order chi connectivity index (χ1) is 9.32. The number of hydrogen-bond acceptors (Lipinski definition) is 4. The zero-order valence-corrected chi connectivity index (χ0v) is 12.4. The van der Waals surface area contributed by atoms with Gasteiger partial charge in [0, 0.05) is 12.6 Å². The molecule has 0 radical (unpaired) electrons. The van der Waals surface area contributed by atoms with Crippen LogP contribution in [0.25, 0.3) is 0 Å². The van der Waals surface area contributed by atoms with E-state index in [9.17, 15) is 14.9 Å². The van der Waals surface area contributed by atoms with E-state index in [2.05, 4.69) is 10.6 Å². The molecule has 0 saturated carbocycles. The monoisotopic (exact) mass is 299 g/mol. The molecule has 0 aliphatic carbocycles. The second-order valence-electron chi connectivity index (χ2n) is 4.90. The van der Waals surface area contributed by atoms with Crippen LogP contribution < -0.4 is 10.6 Å². The number of benzene rings is 1. The van der Waals surface area contributed by atoms with Crippen LogP contribution in [0.3, 0.4) is 0 Å². The molecule has 1 atom stereocenters. The number of para-hydroxylation sites is 1. The van der Waals surface area contributed by atoms with Gasteiger partial charge >= 0.3 is 0 Å². The Morgan fingerprint density at radius 2 is 2.05 bits per heavy atom. The van der Waals surface area contributed by atoms with Crippen molar-refractivity contribution in [1.82, 2.24) is 5.32 Å². The van der Waals surface area contributed by atoms with Crippen LogP contribution in [0.4, 0.5) is 11.4 Å². The molecule has 20 heavy (non-hydrogen) atoms. The van der Waals surface area contributed by atoms with E-state index in [1.54, 1.807) is 6.92 Å². The van der Waals surface area contributed by atoms with E-state index >= 15 is 0 Å². The van der Waals surface area contributed by atoms with Crippen molar-refractivity contribution < 1.29 is 9.72 Å². The van der Waals surface area contributed by atoms with Gasteiger partial charge < -0.3 is 10.6 Å². The van der Waals surface area contributed by atoms with Gasteiger partial charge in [0.25, 0.3) is 5.69 Å². The molecule has 1 aromatic rings. The number of amides is 1. The first-order valence-corrected chi connectivity index (χ1v) is 6.68. The lowest BCUT2D eigenvalue weighted by Crippen LogP contribution is -2.39. The molecule has 1 amide bonds. The van der Waals surface area contributed by atoms with Crippen LogP contribution in [0.5, 0.6) is 0 Å². The Morgan fingerprint density at radius 3 is 2.60 bits per heavy atom. The number of carbonyl (C=O) groups is 1. The highest BCUT2D eigenvalue weighted by Gasteiger charge is 2.21. The number of nitrogens with one attached hydrogen (secondary N) is 2. The van der Waals surface area contributed by atoms with E-state index in [1.807, 2.05) is 13.8 Å². The van der Waals surface area contributed by atoms with Crippen LogP contribution in [0, 0.1) is 16.0 Å². The molecule has 0 fully saturated rings. The second-order valence-corrected chi connectivity index (χ2v) is 5.30. The molecule has 0 heterocycles. The lowest BCUT2D eigenvalue weighted by molar-refractivity contribution is -0.384. The van der Waals surface area contributed by atoms with Crippen molar-refractivity contribution in [2.75, 3.05) is 11.9 Å². The van der Waals surface area contributed by atoms with E-state index in [4.69, 9.17) is 11.6 Å². The minimum absolute atomic E-state index is 0.152. The Bertz CT molecular complexity index is 506. The molecule has 1 rings (SSSR count). The number of rotatable bonds is 6. The average Bonchev–Trinajstić information content (AvgIpc) is 2.37. The van der Waals surface area contributed by atoms with Gasteiger partial charge in [-0.15, -0.1) is 0 Å². The summed E-state index contributed by atoms with van der Waals surface area (Å²) in [5.74, 6) is 0.105. The number of anilines is 1. The molecule has 110 valence electrons. The van der Waals surface area contributed by atoms with Gasteiger partial charge in [-0.2, -0.15) is 0 Å². The van der Waals surface area contributed by atoms with Crippen LogP contribution in [-0.2, 0) is 4.79 Å². The van der Waals surface area contributed by atoms with Crippen molar-refractivity contribution in [2.24, 2.45) is 5.92 Å². The Kier molecular flexibility index (Phi) is 5.76. The smallest absolute Gasteiger partial charge is 0.293 e. The fraction of sp³-hybridized carbons (Fsp3) is 0.462. The maximum Gasteiger partial charge on any atom is 0.293 e. The van der Waals surface area contributed by atoms with E-state index in [-0.39, 0.29) is 22.3 Å². The molecule has 0 bridgehead atoms. The Labute approximate surface area is 122 Å². The normalized spacial score (nSPS) is 12.1. The van der Waals surface area contributed by atoms with Gasteiger partial charge in [0.1, 0.15) is 11.7 Å². The lowest BCUT2D eigenvalue weighted by Gasteiger charge is -2.17. The summed E-state index contributed by atoms with van der Waals surface area (Å²) < 4.78 is 0. The molecule has 0 spiro atoms. The van der Waals surface area contributed by atoms with Crippen LogP contribution in [0.1, 0.15) is 20.8 Å². The number of carbonyl (C=O) groups excluding carboxylic acids is 1. The summed E-state index contributed by atoms with van der Waals surface area (Å²) in [4.78, 5) is 22.3. The zero-order valence-electron chi connectivity index (χ0n) is 11.6. The predicted molar refractivity (Wildman–Crippen MR) is 79.0 cm³/mol. The van der Waals surface area contributed by atoms with Gasteiger partial charge in [0.2, 0.25) is 5.91 Å². The van der Waals surface area contributed by atoms with Gasteiger partial charge in [-0.1, -0.05) is 31.5 Å². The van der Waals surface area contributed by atoms with E-state index in [0.29, 0.717) is 12.5 Å². The Morgan fingerprint density at radius 1 is 1.40 bits per heavy atom. The minimum Gasteiger partial charge on any atom is -0.367 e. The summed E-state index contributed by atoms with van der Waals surface area (Å²) in [7, 11) is 0. The largest absolute Gasteiger partial charge is 0.367 e. The SMILES string of the molecule is CC(C)CNC(=O)C(C)Nc1c(Cl)cccc1[N+](=O)[O-]. The number of nitrogens with zero attached hydrogens (tertiary/aromatic N) is 1. The number of hydrogen-bond donors (Lipinski definition) is 2. The molecule has 0 aromatic heterocycles. The highest BCUT2D eigenvalue weighted by atomic mass is 35.5. The molecule has 1 aromatic carbocycles. The molecule has 0 aliphatic heterocycles. The standard InChI is InChI=1S/C13H18ClN3O3/c1-8(2)7-15-13(18)9(3)16-12-10(14)5-4-6-11(12)17(19)20/h4-6,8-9,16H,7H2,1-3H3,(H,15,18). The molecular formula is C13H18ClN3O3. The van der Waals surface area contributed by atoms with Crippen molar-refractivity contribution in [2.45, 2.75) is 26.8 Å². The van der Waals surface area contributed by atoms with Gasteiger partial charge in [0.15, 0.2) is 0 Å². The Hall–Kier alpha value is -1.82. The van der Waals surface area contributed by atoms with Gasteiger partial charge in [0.05, 0.1) is 9.95 Å². The molecule has 0 aliphatic rings. The topological polar surface area (TPSA) is 84.3 Å². The first kappa shape index (κ1) is 16.2. The summed E-state index contributed by atoms with van der Waals surface area (Å²) in [6.45, 7) is 6.15. The summed E-state index contributed by atoms with van der Waals surface area (Å²) in [6, 6.07) is 3.75.